The van der Waals surface area contributed by atoms with Crippen molar-refractivity contribution in [2.75, 3.05) is 20.1 Å². The summed E-state index contributed by atoms with van der Waals surface area (Å²) in [5.41, 5.74) is 1.55. The maximum atomic E-state index is 13.3. The minimum Gasteiger partial charge on any atom is -0.341 e. The van der Waals surface area contributed by atoms with Gasteiger partial charge in [-0.05, 0) is 42.2 Å². The van der Waals surface area contributed by atoms with Crippen molar-refractivity contribution >= 4 is 22.0 Å². The summed E-state index contributed by atoms with van der Waals surface area (Å²) in [4.78, 5) is 14.3. The number of rotatable bonds is 6. The largest absolute Gasteiger partial charge is 0.341 e. The van der Waals surface area contributed by atoms with Crippen LogP contribution >= 0.6 is 0 Å². The quantitative estimate of drug-likeness (QED) is 0.724. The van der Waals surface area contributed by atoms with Crippen LogP contribution in [-0.2, 0) is 21.4 Å². The molecule has 1 aliphatic rings. The van der Waals surface area contributed by atoms with Crippen LogP contribution in [0.25, 0.3) is 6.08 Å². The van der Waals surface area contributed by atoms with E-state index in [0.717, 1.165) is 11.1 Å². The van der Waals surface area contributed by atoms with Crippen LogP contribution in [0.5, 0.6) is 0 Å². The molecule has 0 saturated carbocycles. The average Bonchev–Trinajstić information content (AvgIpc) is 2.72. The Morgan fingerprint density at radius 2 is 1.83 bits per heavy atom. The normalized spacial score (nSPS) is 16.2. The molecule has 0 unspecified atom stereocenters. The summed E-state index contributed by atoms with van der Waals surface area (Å²) in [6.45, 7) is 0.951. The van der Waals surface area contributed by atoms with Crippen molar-refractivity contribution in [2.24, 2.45) is 5.92 Å². The molecule has 5 nitrogen and oxygen atoms in total. The molecule has 1 aliphatic heterocycles. The summed E-state index contributed by atoms with van der Waals surface area (Å²) in [5.74, 6) is -0.588. The highest BCUT2D eigenvalue weighted by atomic mass is 32.2. The molecule has 0 aliphatic carbocycles. The van der Waals surface area contributed by atoms with Crippen LogP contribution in [0, 0.1) is 11.7 Å². The van der Waals surface area contributed by atoms with Crippen LogP contribution in [0.1, 0.15) is 24.0 Å². The zero-order valence-corrected chi connectivity index (χ0v) is 17.2. The van der Waals surface area contributed by atoms with E-state index in [1.165, 1.54) is 21.8 Å². The minimum atomic E-state index is -3.52. The third kappa shape index (κ3) is 5.74. The second kappa shape index (κ2) is 9.33. The lowest BCUT2D eigenvalue weighted by molar-refractivity contribution is -0.135. The Bertz CT molecular complexity index is 969. The van der Waals surface area contributed by atoms with E-state index < -0.39 is 10.0 Å². The Morgan fingerprint density at radius 3 is 2.48 bits per heavy atom. The first-order valence-electron chi connectivity index (χ1n) is 9.58. The zero-order valence-electron chi connectivity index (χ0n) is 16.4. The maximum absolute atomic E-state index is 13.3. The van der Waals surface area contributed by atoms with Crippen molar-refractivity contribution < 1.29 is 17.6 Å². The van der Waals surface area contributed by atoms with E-state index in [-0.39, 0.29) is 17.6 Å². The van der Waals surface area contributed by atoms with Gasteiger partial charge in [-0.2, -0.15) is 4.31 Å². The fourth-order valence-electron chi connectivity index (χ4n) is 3.47. The molecule has 0 N–H and O–H groups in total. The van der Waals surface area contributed by atoms with Gasteiger partial charge in [0.15, 0.2) is 0 Å². The topological polar surface area (TPSA) is 57.7 Å². The van der Waals surface area contributed by atoms with Crippen LogP contribution in [0.2, 0.25) is 0 Å². The molecule has 1 saturated heterocycles. The Morgan fingerprint density at radius 1 is 1.14 bits per heavy atom. The van der Waals surface area contributed by atoms with Crippen LogP contribution < -0.4 is 0 Å². The second-order valence-electron chi connectivity index (χ2n) is 7.26. The first-order valence-corrected chi connectivity index (χ1v) is 11.1. The van der Waals surface area contributed by atoms with Gasteiger partial charge < -0.3 is 4.90 Å². The number of halogens is 1. The van der Waals surface area contributed by atoms with Crippen molar-refractivity contribution in [1.82, 2.24) is 9.21 Å². The monoisotopic (exact) mass is 416 g/mol. The van der Waals surface area contributed by atoms with Crippen molar-refractivity contribution in [3.05, 3.63) is 76.9 Å². The molecule has 0 bridgehead atoms. The number of benzene rings is 2. The summed E-state index contributed by atoms with van der Waals surface area (Å²) in [6.07, 6.45) is 2.54. The molecule has 2 aromatic rings. The fourth-order valence-corrected chi connectivity index (χ4v) is 4.69. The van der Waals surface area contributed by atoms with Gasteiger partial charge in [-0.25, -0.2) is 12.8 Å². The van der Waals surface area contributed by atoms with Crippen LogP contribution in [0.15, 0.2) is 60.0 Å². The number of carbonyl (C=O) groups excluding carboxylic acids is 1. The Hall–Kier alpha value is -2.51. The lowest BCUT2D eigenvalue weighted by Gasteiger charge is -2.32. The van der Waals surface area contributed by atoms with Gasteiger partial charge in [0.1, 0.15) is 5.82 Å². The van der Waals surface area contributed by atoms with Gasteiger partial charge in [-0.1, -0.05) is 42.5 Å². The van der Waals surface area contributed by atoms with Gasteiger partial charge in [-0.15, -0.1) is 0 Å². The highest BCUT2D eigenvalue weighted by Crippen LogP contribution is 2.23. The lowest BCUT2D eigenvalue weighted by Crippen LogP contribution is -2.42. The molecule has 154 valence electrons. The predicted octanol–water partition coefficient (Wildman–Crippen LogP) is 3.50. The zero-order chi connectivity index (χ0) is 20.9. The molecule has 0 radical (unpaired) electrons. The summed E-state index contributed by atoms with van der Waals surface area (Å²) < 4.78 is 39.8. The first kappa shape index (κ1) is 21.2. The van der Waals surface area contributed by atoms with Crippen molar-refractivity contribution in [3.63, 3.8) is 0 Å². The second-order valence-corrected chi connectivity index (χ2v) is 9.07. The molecular weight excluding hydrogens is 391 g/mol. The van der Waals surface area contributed by atoms with Crippen molar-refractivity contribution in [1.29, 1.82) is 0 Å². The van der Waals surface area contributed by atoms with Crippen LogP contribution in [-0.4, -0.2) is 43.7 Å². The molecule has 29 heavy (non-hydrogen) atoms. The molecule has 0 atom stereocenters. The third-order valence-electron chi connectivity index (χ3n) is 5.08. The SMILES string of the molecule is CN(Cc1cccc(F)c1)C(=O)C1CCN(S(=O)(=O)/C=C/c2ccccc2)CC1. The number of carbonyl (C=O) groups is 1. The molecule has 3 rings (SSSR count). The van der Waals surface area contributed by atoms with E-state index in [9.17, 15) is 17.6 Å². The average molecular weight is 417 g/mol. The molecule has 2 aromatic carbocycles. The standard InChI is InChI=1S/C22H25FN2O3S/c1-24(17-19-8-5-9-21(23)16-19)22(26)20-10-13-25(14-11-20)29(27,28)15-12-18-6-3-2-4-7-18/h2-9,12,15-16,20H,10-11,13-14,17H2,1H3/b15-12+. The summed E-state index contributed by atoms with van der Waals surface area (Å²) in [6, 6.07) is 15.4. The van der Waals surface area contributed by atoms with Gasteiger partial charge in [-0.3, -0.25) is 4.79 Å². The third-order valence-corrected chi connectivity index (χ3v) is 6.65. The summed E-state index contributed by atoms with van der Waals surface area (Å²) >= 11 is 0. The van der Waals surface area contributed by atoms with Gasteiger partial charge in [0.25, 0.3) is 0 Å². The number of amides is 1. The van der Waals surface area contributed by atoms with Gasteiger partial charge >= 0.3 is 0 Å². The van der Waals surface area contributed by atoms with Gasteiger partial charge in [0.05, 0.1) is 0 Å². The van der Waals surface area contributed by atoms with Crippen LogP contribution in [0.3, 0.4) is 0 Å². The highest BCUT2D eigenvalue weighted by Gasteiger charge is 2.31. The Kier molecular flexibility index (Phi) is 6.82. The number of hydrogen-bond acceptors (Lipinski definition) is 3. The Balaban J connectivity index is 1.55. The van der Waals surface area contributed by atoms with Gasteiger partial charge in [0, 0.05) is 38.0 Å². The molecule has 0 aromatic heterocycles. The summed E-state index contributed by atoms with van der Waals surface area (Å²) in [5, 5.41) is 1.22. The number of sulfonamides is 1. The van der Waals surface area contributed by atoms with E-state index in [1.807, 2.05) is 30.3 Å². The Labute approximate surface area is 171 Å². The molecule has 1 heterocycles. The molecule has 7 heteroatoms. The highest BCUT2D eigenvalue weighted by molar-refractivity contribution is 7.92. The molecule has 0 spiro atoms. The van der Waals surface area contributed by atoms with Crippen LogP contribution in [0.4, 0.5) is 4.39 Å². The van der Waals surface area contributed by atoms with E-state index in [0.29, 0.717) is 32.5 Å². The number of piperidine rings is 1. The van der Waals surface area contributed by atoms with E-state index in [4.69, 9.17) is 0 Å². The fraction of sp³-hybridized carbons (Fsp3) is 0.318. The summed E-state index contributed by atoms with van der Waals surface area (Å²) in [7, 11) is -1.82. The number of nitrogens with zero attached hydrogens (tertiary/aromatic N) is 2. The molecule has 1 amide bonds. The molecule has 1 fully saturated rings. The molecular formula is C22H25FN2O3S. The van der Waals surface area contributed by atoms with Gasteiger partial charge in [0.2, 0.25) is 15.9 Å². The number of hydrogen-bond donors (Lipinski definition) is 0. The first-order chi connectivity index (χ1) is 13.8. The van der Waals surface area contributed by atoms with E-state index in [1.54, 1.807) is 30.2 Å². The predicted molar refractivity (Wildman–Crippen MR) is 112 cm³/mol. The smallest absolute Gasteiger partial charge is 0.236 e. The maximum Gasteiger partial charge on any atom is 0.236 e. The van der Waals surface area contributed by atoms with E-state index >= 15 is 0 Å². The van der Waals surface area contributed by atoms with E-state index in [2.05, 4.69) is 0 Å². The lowest BCUT2D eigenvalue weighted by atomic mass is 9.96. The minimum absolute atomic E-state index is 0.0360. The van der Waals surface area contributed by atoms with Crippen molar-refractivity contribution in [2.45, 2.75) is 19.4 Å². The van der Waals surface area contributed by atoms with Crippen molar-refractivity contribution in [3.8, 4) is 0 Å².